The summed E-state index contributed by atoms with van der Waals surface area (Å²) >= 11 is 0. The Hall–Kier alpha value is -6.96. The molecule has 0 aromatic heterocycles. The minimum absolute atomic E-state index is 1.09. The van der Waals surface area contributed by atoms with Crippen LogP contribution in [-0.2, 0) is 0 Å². The summed E-state index contributed by atoms with van der Waals surface area (Å²) in [4.78, 5) is 2.37. The molecule has 0 bridgehead atoms. The molecular weight excluding hydrogens is 639 g/mol. The summed E-state index contributed by atoms with van der Waals surface area (Å²) in [7, 11) is 0. The first-order valence-corrected chi connectivity index (χ1v) is 18.2. The molecule has 0 radical (unpaired) electrons. The standard InChI is InChI=1S/C52H37N/c1-4-13-38(14-5-1)40-23-25-45(26-24-40)52-37-48(35-36-51(52)42-17-8-3-9-18-42)53(46-31-27-41(28-32-46)39-15-6-2-7-16-39)47-33-29-44(30-34-47)50-22-12-20-43-19-10-11-21-49(43)50/h1-37H. The average molecular weight is 676 g/mol. The van der Waals surface area contributed by atoms with Crippen molar-refractivity contribution in [1.29, 1.82) is 0 Å². The highest BCUT2D eigenvalue weighted by Crippen LogP contribution is 2.42. The summed E-state index contributed by atoms with van der Waals surface area (Å²) in [5, 5.41) is 2.51. The Labute approximate surface area is 311 Å². The van der Waals surface area contributed by atoms with Gasteiger partial charge < -0.3 is 4.90 Å². The van der Waals surface area contributed by atoms with Crippen LogP contribution >= 0.6 is 0 Å². The van der Waals surface area contributed by atoms with Gasteiger partial charge in [-0.05, 0) is 103 Å². The van der Waals surface area contributed by atoms with E-state index in [1.165, 1.54) is 66.4 Å². The molecule has 0 saturated heterocycles. The predicted octanol–water partition coefficient (Wildman–Crippen LogP) is 14.6. The molecule has 1 heteroatoms. The maximum absolute atomic E-state index is 2.37. The Morgan fingerprint density at radius 1 is 0.226 bits per heavy atom. The summed E-state index contributed by atoms with van der Waals surface area (Å²) in [6.07, 6.45) is 0. The maximum Gasteiger partial charge on any atom is 0.0468 e. The van der Waals surface area contributed by atoms with E-state index in [4.69, 9.17) is 0 Å². The number of anilines is 3. The number of hydrogen-bond donors (Lipinski definition) is 0. The van der Waals surface area contributed by atoms with Gasteiger partial charge >= 0.3 is 0 Å². The Morgan fingerprint density at radius 2 is 0.623 bits per heavy atom. The van der Waals surface area contributed by atoms with Gasteiger partial charge in [0.15, 0.2) is 0 Å². The van der Waals surface area contributed by atoms with E-state index in [0.29, 0.717) is 0 Å². The van der Waals surface area contributed by atoms with Crippen molar-refractivity contribution in [3.63, 3.8) is 0 Å². The van der Waals surface area contributed by atoms with E-state index < -0.39 is 0 Å². The highest BCUT2D eigenvalue weighted by atomic mass is 15.1. The number of hydrogen-bond acceptors (Lipinski definition) is 1. The van der Waals surface area contributed by atoms with Crippen molar-refractivity contribution < 1.29 is 0 Å². The van der Waals surface area contributed by atoms with Gasteiger partial charge in [0.2, 0.25) is 0 Å². The van der Waals surface area contributed by atoms with Crippen LogP contribution in [0.4, 0.5) is 17.1 Å². The van der Waals surface area contributed by atoms with Gasteiger partial charge in [-0.15, -0.1) is 0 Å². The van der Waals surface area contributed by atoms with E-state index in [0.717, 1.165) is 17.1 Å². The molecule has 9 rings (SSSR count). The number of rotatable bonds is 8. The zero-order valence-corrected chi connectivity index (χ0v) is 29.3. The average Bonchev–Trinajstić information content (AvgIpc) is 3.25. The summed E-state index contributed by atoms with van der Waals surface area (Å²) in [6.45, 7) is 0. The molecule has 250 valence electrons. The lowest BCUT2D eigenvalue weighted by Gasteiger charge is -2.27. The van der Waals surface area contributed by atoms with Crippen molar-refractivity contribution in [2.45, 2.75) is 0 Å². The van der Waals surface area contributed by atoms with Gasteiger partial charge in [-0.2, -0.15) is 0 Å². The fourth-order valence-electron chi connectivity index (χ4n) is 7.40. The first kappa shape index (κ1) is 32.0. The molecule has 0 spiro atoms. The minimum atomic E-state index is 1.09. The van der Waals surface area contributed by atoms with Gasteiger partial charge in [0, 0.05) is 17.1 Å². The van der Waals surface area contributed by atoms with E-state index in [1.54, 1.807) is 0 Å². The van der Waals surface area contributed by atoms with Crippen molar-refractivity contribution in [3.8, 4) is 55.6 Å². The largest absolute Gasteiger partial charge is 0.310 e. The van der Waals surface area contributed by atoms with Crippen LogP contribution in [0, 0.1) is 0 Å². The Kier molecular flexibility index (Phi) is 8.66. The van der Waals surface area contributed by atoms with Crippen molar-refractivity contribution in [2.75, 3.05) is 4.90 Å². The van der Waals surface area contributed by atoms with E-state index in [1.807, 2.05) is 0 Å². The minimum Gasteiger partial charge on any atom is -0.310 e. The van der Waals surface area contributed by atoms with E-state index in [-0.39, 0.29) is 0 Å². The van der Waals surface area contributed by atoms with Crippen LogP contribution in [0.1, 0.15) is 0 Å². The molecule has 0 heterocycles. The highest BCUT2D eigenvalue weighted by molar-refractivity contribution is 5.97. The van der Waals surface area contributed by atoms with Gasteiger partial charge in [-0.25, -0.2) is 0 Å². The molecule has 0 amide bonds. The van der Waals surface area contributed by atoms with Crippen LogP contribution in [0.25, 0.3) is 66.4 Å². The van der Waals surface area contributed by atoms with Crippen LogP contribution in [0.15, 0.2) is 224 Å². The van der Waals surface area contributed by atoms with Crippen LogP contribution in [0.3, 0.4) is 0 Å². The smallest absolute Gasteiger partial charge is 0.0468 e. The van der Waals surface area contributed by atoms with Gasteiger partial charge in [0.1, 0.15) is 0 Å². The topological polar surface area (TPSA) is 3.24 Å². The second kappa shape index (κ2) is 14.3. The second-order valence-corrected chi connectivity index (χ2v) is 13.4. The van der Waals surface area contributed by atoms with Crippen molar-refractivity contribution in [1.82, 2.24) is 0 Å². The Morgan fingerprint density at radius 3 is 1.23 bits per heavy atom. The monoisotopic (exact) mass is 675 g/mol. The molecular formula is C52H37N. The molecule has 9 aromatic carbocycles. The molecule has 0 fully saturated rings. The van der Waals surface area contributed by atoms with Crippen molar-refractivity contribution >= 4 is 27.8 Å². The van der Waals surface area contributed by atoms with Crippen molar-refractivity contribution in [2.24, 2.45) is 0 Å². The number of nitrogens with zero attached hydrogens (tertiary/aromatic N) is 1. The van der Waals surface area contributed by atoms with Crippen molar-refractivity contribution in [3.05, 3.63) is 224 Å². The van der Waals surface area contributed by atoms with E-state index in [9.17, 15) is 0 Å². The van der Waals surface area contributed by atoms with Crippen LogP contribution < -0.4 is 4.90 Å². The summed E-state index contributed by atoms with van der Waals surface area (Å²) in [6, 6.07) is 80.8. The number of benzene rings is 9. The summed E-state index contributed by atoms with van der Waals surface area (Å²) < 4.78 is 0. The van der Waals surface area contributed by atoms with Crippen LogP contribution in [0.5, 0.6) is 0 Å². The van der Waals surface area contributed by atoms with E-state index in [2.05, 4.69) is 229 Å². The lowest BCUT2D eigenvalue weighted by Crippen LogP contribution is -2.10. The third-order valence-electron chi connectivity index (χ3n) is 10.1. The lowest BCUT2D eigenvalue weighted by molar-refractivity contribution is 1.28. The van der Waals surface area contributed by atoms with Gasteiger partial charge in [-0.1, -0.05) is 188 Å². The molecule has 1 nitrogen and oxygen atoms in total. The molecule has 53 heavy (non-hydrogen) atoms. The molecule has 0 aliphatic rings. The fourth-order valence-corrected chi connectivity index (χ4v) is 7.40. The third-order valence-corrected chi connectivity index (χ3v) is 10.1. The molecule has 0 aliphatic heterocycles. The second-order valence-electron chi connectivity index (χ2n) is 13.4. The molecule has 0 saturated carbocycles. The Bertz CT molecular complexity index is 2600. The molecule has 9 aromatic rings. The van der Waals surface area contributed by atoms with Crippen LogP contribution in [-0.4, -0.2) is 0 Å². The fraction of sp³-hybridized carbons (Fsp3) is 0. The summed E-state index contributed by atoms with van der Waals surface area (Å²) in [5.41, 5.74) is 15.3. The van der Waals surface area contributed by atoms with E-state index >= 15 is 0 Å². The zero-order valence-electron chi connectivity index (χ0n) is 29.3. The Balaban J connectivity index is 1.17. The highest BCUT2D eigenvalue weighted by Gasteiger charge is 2.17. The maximum atomic E-state index is 2.37. The molecule has 0 atom stereocenters. The SMILES string of the molecule is c1ccc(-c2ccc(-c3cc(N(c4ccc(-c5ccccc5)cc4)c4ccc(-c5cccc6ccccc56)cc4)ccc3-c3ccccc3)cc2)cc1. The predicted molar refractivity (Wildman–Crippen MR) is 226 cm³/mol. The first-order valence-electron chi connectivity index (χ1n) is 18.2. The first-order chi connectivity index (χ1) is 26.3. The van der Waals surface area contributed by atoms with Gasteiger partial charge in [-0.3, -0.25) is 0 Å². The molecule has 0 aliphatic carbocycles. The van der Waals surface area contributed by atoms with Crippen LogP contribution in [0.2, 0.25) is 0 Å². The molecule has 0 N–H and O–H groups in total. The zero-order chi connectivity index (χ0) is 35.4. The summed E-state index contributed by atoms with van der Waals surface area (Å²) in [5.74, 6) is 0. The lowest BCUT2D eigenvalue weighted by atomic mass is 9.92. The van der Waals surface area contributed by atoms with Gasteiger partial charge in [0.25, 0.3) is 0 Å². The molecule has 0 unspecified atom stereocenters. The number of fused-ring (bicyclic) bond motifs is 1. The normalized spacial score (nSPS) is 11.0. The quantitative estimate of drug-likeness (QED) is 0.155. The third kappa shape index (κ3) is 6.53. The van der Waals surface area contributed by atoms with Gasteiger partial charge in [0.05, 0.1) is 0 Å².